The summed E-state index contributed by atoms with van der Waals surface area (Å²) < 4.78 is 6.15. The van der Waals surface area contributed by atoms with Crippen LogP contribution in [-0.2, 0) is 0 Å². The van der Waals surface area contributed by atoms with E-state index in [0.29, 0.717) is 11.3 Å². The molecular formula is C15H13BrN2O4. The average Bonchev–Trinajstić information content (AvgIpc) is 2.44. The second-order valence-electron chi connectivity index (χ2n) is 4.57. The fourth-order valence-corrected chi connectivity index (χ4v) is 2.08. The van der Waals surface area contributed by atoms with Crippen molar-refractivity contribution in [1.82, 2.24) is 5.43 Å². The maximum absolute atomic E-state index is 12.0. The van der Waals surface area contributed by atoms with Crippen molar-refractivity contribution in [2.45, 2.75) is 13.8 Å². The molecule has 0 aliphatic carbocycles. The summed E-state index contributed by atoms with van der Waals surface area (Å²) >= 11 is 3.28. The Hall–Kier alpha value is -2.41. The highest BCUT2D eigenvalue weighted by Gasteiger charge is 2.16. The minimum Gasteiger partial charge on any atom is -0.443 e. The van der Waals surface area contributed by atoms with Crippen molar-refractivity contribution in [3.05, 3.63) is 61.9 Å². The van der Waals surface area contributed by atoms with E-state index in [0.717, 1.165) is 4.47 Å². The van der Waals surface area contributed by atoms with Gasteiger partial charge in [-0.15, -0.1) is 0 Å². The molecule has 1 aromatic carbocycles. The van der Waals surface area contributed by atoms with Crippen LogP contribution in [0.1, 0.15) is 33.4 Å². The summed E-state index contributed by atoms with van der Waals surface area (Å²) in [5, 5.41) is 0. The van der Waals surface area contributed by atoms with Crippen LogP contribution in [0.5, 0.6) is 0 Å². The standard InChI is InChI=1S/C15H13BrN2O4/c1-8-7-12(20)13(9(2)19)15(22-8)18-17-14(21)10-3-5-11(16)6-4-10/h3-7,18H,1-2H3,(H,17,21). The predicted molar refractivity (Wildman–Crippen MR) is 85.0 cm³/mol. The Labute approximate surface area is 134 Å². The third-order valence-electron chi connectivity index (χ3n) is 2.82. The van der Waals surface area contributed by atoms with Gasteiger partial charge in [0.15, 0.2) is 11.2 Å². The van der Waals surface area contributed by atoms with Crippen molar-refractivity contribution in [1.29, 1.82) is 0 Å². The fraction of sp³-hybridized carbons (Fsp3) is 0.133. The van der Waals surface area contributed by atoms with Gasteiger partial charge in [-0.2, -0.15) is 0 Å². The second-order valence-corrected chi connectivity index (χ2v) is 5.48. The van der Waals surface area contributed by atoms with Crippen molar-refractivity contribution in [2.24, 2.45) is 0 Å². The molecule has 6 nitrogen and oxygen atoms in total. The molecule has 2 N–H and O–H groups in total. The summed E-state index contributed by atoms with van der Waals surface area (Å²) in [6.45, 7) is 2.83. The topological polar surface area (TPSA) is 88.4 Å². The number of carbonyl (C=O) groups excluding carboxylic acids is 2. The third kappa shape index (κ3) is 3.62. The highest BCUT2D eigenvalue weighted by atomic mass is 79.9. The molecule has 0 saturated carbocycles. The predicted octanol–water partition coefficient (Wildman–Crippen LogP) is 2.67. The van der Waals surface area contributed by atoms with Gasteiger partial charge in [-0.25, -0.2) is 0 Å². The molecule has 0 unspecified atom stereocenters. The molecule has 1 heterocycles. The van der Waals surface area contributed by atoms with Crippen LogP contribution in [0.4, 0.5) is 5.88 Å². The zero-order valence-corrected chi connectivity index (χ0v) is 13.5. The Balaban J connectivity index is 2.21. The zero-order valence-electron chi connectivity index (χ0n) is 11.9. The zero-order chi connectivity index (χ0) is 16.3. The van der Waals surface area contributed by atoms with E-state index in [1.165, 1.54) is 13.0 Å². The van der Waals surface area contributed by atoms with Gasteiger partial charge < -0.3 is 4.42 Å². The van der Waals surface area contributed by atoms with Crippen molar-refractivity contribution in [2.75, 3.05) is 5.43 Å². The Morgan fingerprint density at radius 2 is 1.82 bits per heavy atom. The number of nitrogens with one attached hydrogen (secondary N) is 2. The first-order valence-corrected chi connectivity index (χ1v) is 7.15. The number of hydrazine groups is 1. The number of aryl methyl sites for hydroxylation is 1. The van der Waals surface area contributed by atoms with Gasteiger partial charge in [-0.3, -0.25) is 25.2 Å². The van der Waals surface area contributed by atoms with E-state index in [9.17, 15) is 14.4 Å². The summed E-state index contributed by atoms with van der Waals surface area (Å²) in [7, 11) is 0. The molecule has 2 rings (SSSR count). The smallest absolute Gasteiger partial charge is 0.269 e. The number of benzene rings is 1. The molecule has 22 heavy (non-hydrogen) atoms. The molecular weight excluding hydrogens is 352 g/mol. The molecule has 0 radical (unpaired) electrons. The number of hydrogen-bond acceptors (Lipinski definition) is 5. The molecule has 114 valence electrons. The van der Waals surface area contributed by atoms with Gasteiger partial charge in [0.1, 0.15) is 11.3 Å². The number of Topliss-reactive ketones (excluding diaryl/α,β-unsaturated/α-hetero) is 1. The maximum Gasteiger partial charge on any atom is 0.269 e. The summed E-state index contributed by atoms with van der Waals surface area (Å²) in [4.78, 5) is 35.3. The van der Waals surface area contributed by atoms with Crippen LogP contribution >= 0.6 is 15.9 Å². The maximum atomic E-state index is 12.0. The number of carbonyl (C=O) groups is 2. The molecule has 7 heteroatoms. The molecule has 0 spiro atoms. The van der Waals surface area contributed by atoms with Crippen LogP contribution in [0.2, 0.25) is 0 Å². The lowest BCUT2D eigenvalue weighted by Crippen LogP contribution is -2.31. The molecule has 0 saturated heterocycles. The summed E-state index contributed by atoms with van der Waals surface area (Å²) in [5.41, 5.74) is 4.70. The van der Waals surface area contributed by atoms with E-state index in [4.69, 9.17) is 4.42 Å². The largest absolute Gasteiger partial charge is 0.443 e. The van der Waals surface area contributed by atoms with Crippen LogP contribution < -0.4 is 16.3 Å². The van der Waals surface area contributed by atoms with Crippen molar-refractivity contribution >= 4 is 33.5 Å². The molecule has 0 fully saturated rings. The van der Waals surface area contributed by atoms with Gasteiger partial charge >= 0.3 is 0 Å². The molecule has 2 aromatic rings. The van der Waals surface area contributed by atoms with Gasteiger partial charge in [0, 0.05) is 16.1 Å². The average molecular weight is 365 g/mol. The van der Waals surface area contributed by atoms with Crippen LogP contribution in [0, 0.1) is 6.92 Å². The highest BCUT2D eigenvalue weighted by molar-refractivity contribution is 9.10. The van der Waals surface area contributed by atoms with E-state index in [-0.39, 0.29) is 11.4 Å². The SMILES string of the molecule is CC(=O)c1c(NNC(=O)c2ccc(Br)cc2)oc(C)cc1=O. The third-order valence-corrected chi connectivity index (χ3v) is 3.35. The van der Waals surface area contributed by atoms with Crippen molar-refractivity contribution in [3.8, 4) is 0 Å². The van der Waals surface area contributed by atoms with Crippen LogP contribution in [0.3, 0.4) is 0 Å². The molecule has 0 atom stereocenters. The van der Waals surface area contributed by atoms with Crippen LogP contribution in [0.25, 0.3) is 0 Å². The van der Waals surface area contributed by atoms with Gasteiger partial charge in [-0.05, 0) is 38.1 Å². The number of amides is 1. The summed E-state index contributed by atoms with van der Waals surface area (Å²) in [5.74, 6) is -0.626. The number of hydrogen-bond donors (Lipinski definition) is 2. The first kappa shape index (κ1) is 16.0. The monoisotopic (exact) mass is 364 g/mol. The van der Waals surface area contributed by atoms with Crippen LogP contribution in [0.15, 0.2) is 44.0 Å². The Morgan fingerprint density at radius 3 is 2.41 bits per heavy atom. The quantitative estimate of drug-likeness (QED) is 0.643. The summed E-state index contributed by atoms with van der Waals surface area (Å²) in [6, 6.07) is 7.92. The minimum absolute atomic E-state index is 0.0806. The van der Waals surface area contributed by atoms with Crippen LogP contribution in [-0.4, -0.2) is 11.7 Å². The second kappa shape index (κ2) is 6.57. The fourth-order valence-electron chi connectivity index (χ4n) is 1.82. The highest BCUT2D eigenvalue weighted by Crippen LogP contribution is 2.14. The van der Waals surface area contributed by atoms with Gasteiger partial charge in [-0.1, -0.05) is 15.9 Å². The van der Waals surface area contributed by atoms with Crippen molar-refractivity contribution < 1.29 is 14.0 Å². The number of rotatable bonds is 4. The van der Waals surface area contributed by atoms with E-state index in [2.05, 4.69) is 26.8 Å². The van der Waals surface area contributed by atoms with E-state index < -0.39 is 17.1 Å². The van der Waals surface area contributed by atoms with E-state index >= 15 is 0 Å². The lowest BCUT2D eigenvalue weighted by molar-refractivity contribution is 0.0957. The van der Waals surface area contributed by atoms with Gasteiger partial charge in [0.25, 0.3) is 5.91 Å². The Kier molecular flexibility index (Phi) is 4.77. The van der Waals surface area contributed by atoms with Gasteiger partial charge in [0.05, 0.1) is 0 Å². The molecule has 1 amide bonds. The molecule has 0 aliphatic heterocycles. The molecule has 0 bridgehead atoms. The minimum atomic E-state index is -0.461. The first-order valence-electron chi connectivity index (χ1n) is 6.36. The molecule has 0 aliphatic rings. The molecule has 1 aromatic heterocycles. The normalized spacial score (nSPS) is 10.1. The Morgan fingerprint density at radius 1 is 1.18 bits per heavy atom. The van der Waals surface area contributed by atoms with Crippen molar-refractivity contribution in [3.63, 3.8) is 0 Å². The van der Waals surface area contributed by atoms with E-state index in [1.807, 2.05) is 0 Å². The lowest BCUT2D eigenvalue weighted by Gasteiger charge is -2.10. The summed E-state index contributed by atoms with van der Waals surface area (Å²) in [6.07, 6.45) is 0. The number of halogens is 1. The van der Waals surface area contributed by atoms with Gasteiger partial charge in [0.2, 0.25) is 5.88 Å². The van der Waals surface area contributed by atoms with E-state index in [1.54, 1.807) is 31.2 Å². The first-order chi connectivity index (χ1) is 10.4. The number of anilines is 1. The number of ketones is 1. The Bertz CT molecular complexity index is 781. The lowest BCUT2D eigenvalue weighted by atomic mass is 10.2.